The Morgan fingerprint density at radius 2 is 2.27 bits per heavy atom. The standard InChI is InChI=1S/C7H11N3S/c8-4-3-6-9-10-7(11-6)5-1-2-5/h5H,1-4,8H2. The van der Waals surface area contributed by atoms with Gasteiger partial charge in [0.05, 0.1) is 0 Å². The molecule has 1 saturated carbocycles. The first-order valence-corrected chi connectivity index (χ1v) is 4.74. The minimum Gasteiger partial charge on any atom is -0.330 e. The van der Waals surface area contributed by atoms with Gasteiger partial charge in [0.15, 0.2) is 0 Å². The second-order valence-electron chi connectivity index (χ2n) is 2.85. The highest BCUT2D eigenvalue weighted by molar-refractivity contribution is 7.11. The van der Waals surface area contributed by atoms with Crippen LogP contribution in [-0.2, 0) is 6.42 Å². The van der Waals surface area contributed by atoms with Crippen LogP contribution in [0.15, 0.2) is 0 Å². The van der Waals surface area contributed by atoms with Gasteiger partial charge >= 0.3 is 0 Å². The molecule has 60 valence electrons. The van der Waals surface area contributed by atoms with E-state index in [1.54, 1.807) is 11.3 Å². The summed E-state index contributed by atoms with van der Waals surface area (Å²) in [6.45, 7) is 0.680. The lowest BCUT2D eigenvalue weighted by Gasteiger charge is -1.85. The molecule has 0 spiro atoms. The van der Waals surface area contributed by atoms with E-state index in [0.717, 1.165) is 17.3 Å². The van der Waals surface area contributed by atoms with Crippen LogP contribution in [0.3, 0.4) is 0 Å². The highest BCUT2D eigenvalue weighted by atomic mass is 32.1. The molecule has 1 aromatic heterocycles. The van der Waals surface area contributed by atoms with Crippen molar-refractivity contribution in [3.63, 3.8) is 0 Å². The third-order valence-electron chi connectivity index (χ3n) is 1.77. The highest BCUT2D eigenvalue weighted by Gasteiger charge is 2.27. The van der Waals surface area contributed by atoms with Crippen molar-refractivity contribution in [2.75, 3.05) is 6.54 Å². The molecule has 1 aliphatic carbocycles. The van der Waals surface area contributed by atoms with Gasteiger partial charge in [-0.1, -0.05) is 0 Å². The molecule has 1 aliphatic rings. The first-order valence-electron chi connectivity index (χ1n) is 3.92. The molecular formula is C7H11N3S. The van der Waals surface area contributed by atoms with E-state index < -0.39 is 0 Å². The topological polar surface area (TPSA) is 51.8 Å². The molecular weight excluding hydrogens is 158 g/mol. The van der Waals surface area contributed by atoms with Gasteiger partial charge in [-0.15, -0.1) is 21.5 Å². The SMILES string of the molecule is NCCc1nnc(C2CC2)s1. The molecule has 0 atom stereocenters. The minimum atomic E-state index is 0.680. The Morgan fingerprint density at radius 1 is 1.45 bits per heavy atom. The molecule has 1 fully saturated rings. The first kappa shape index (κ1) is 7.18. The predicted molar refractivity (Wildman–Crippen MR) is 44.6 cm³/mol. The second-order valence-corrected chi connectivity index (χ2v) is 3.94. The Labute approximate surface area is 69.6 Å². The van der Waals surface area contributed by atoms with Gasteiger partial charge < -0.3 is 5.73 Å². The lowest BCUT2D eigenvalue weighted by atomic mass is 10.5. The summed E-state index contributed by atoms with van der Waals surface area (Å²) in [4.78, 5) is 0. The summed E-state index contributed by atoms with van der Waals surface area (Å²) in [7, 11) is 0. The van der Waals surface area contributed by atoms with Crippen LogP contribution in [-0.4, -0.2) is 16.7 Å². The molecule has 1 aromatic rings. The van der Waals surface area contributed by atoms with Gasteiger partial charge in [0.1, 0.15) is 10.0 Å². The minimum absolute atomic E-state index is 0.680. The molecule has 3 nitrogen and oxygen atoms in total. The number of hydrogen-bond donors (Lipinski definition) is 1. The van der Waals surface area contributed by atoms with E-state index in [0.29, 0.717) is 6.54 Å². The van der Waals surface area contributed by atoms with Gasteiger partial charge in [-0.05, 0) is 19.4 Å². The van der Waals surface area contributed by atoms with Crippen molar-refractivity contribution in [3.05, 3.63) is 10.0 Å². The Balaban J connectivity index is 2.06. The number of hydrogen-bond acceptors (Lipinski definition) is 4. The van der Waals surface area contributed by atoms with Gasteiger partial charge in [-0.2, -0.15) is 0 Å². The molecule has 4 heteroatoms. The van der Waals surface area contributed by atoms with Crippen LogP contribution in [0.2, 0.25) is 0 Å². The monoisotopic (exact) mass is 169 g/mol. The summed E-state index contributed by atoms with van der Waals surface area (Å²) in [5, 5.41) is 10.5. The second kappa shape index (κ2) is 2.87. The maximum atomic E-state index is 5.40. The summed E-state index contributed by atoms with van der Waals surface area (Å²) >= 11 is 1.73. The summed E-state index contributed by atoms with van der Waals surface area (Å²) in [5.41, 5.74) is 5.40. The third-order valence-corrected chi connectivity index (χ3v) is 2.91. The van der Waals surface area contributed by atoms with E-state index >= 15 is 0 Å². The van der Waals surface area contributed by atoms with Gasteiger partial charge in [-0.25, -0.2) is 0 Å². The Bertz CT molecular complexity index is 242. The zero-order chi connectivity index (χ0) is 7.68. The molecule has 1 heterocycles. The molecule has 0 saturated heterocycles. The summed E-state index contributed by atoms with van der Waals surface area (Å²) in [6, 6.07) is 0. The first-order chi connectivity index (χ1) is 5.40. The number of rotatable bonds is 3. The number of nitrogens with zero attached hydrogens (tertiary/aromatic N) is 2. The van der Waals surface area contributed by atoms with E-state index in [9.17, 15) is 0 Å². The average molecular weight is 169 g/mol. The molecule has 0 aliphatic heterocycles. The molecule has 0 unspecified atom stereocenters. The molecule has 2 rings (SSSR count). The average Bonchev–Trinajstić information content (AvgIpc) is 2.75. The van der Waals surface area contributed by atoms with Crippen molar-refractivity contribution in [2.24, 2.45) is 5.73 Å². The van der Waals surface area contributed by atoms with Crippen LogP contribution in [0, 0.1) is 0 Å². The van der Waals surface area contributed by atoms with Crippen molar-refractivity contribution in [3.8, 4) is 0 Å². The fraction of sp³-hybridized carbons (Fsp3) is 0.714. The van der Waals surface area contributed by atoms with Crippen LogP contribution >= 0.6 is 11.3 Å². The lowest BCUT2D eigenvalue weighted by molar-refractivity contribution is 0.892. The van der Waals surface area contributed by atoms with Crippen molar-refractivity contribution < 1.29 is 0 Å². The normalized spacial score (nSPS) is 17.2. The molecule has 0 bridgehead atoms. The summed E-state index contributed by atoms with van der Waals surface area (Å²) in [5.74, 6) is 0.735. The zero-order valence-corrected chi connectivity index (χ0v) is 7.10. The molecule has 0 aromatic carbocycles. The van der Waals surface area contributed by atoms with Crippen LogP contribution in [0.1, 0.15) is 28.8 Å². The van der Waals surface area contributed by atoms with E-state index in [2.05, 4.69) is 10.2 Å². The van der Waals surface area contributed by atoms with Crippen molar-refractivity contribution in [1.82, 2.24) is 10.2 Å². The highest BCUT2D eigenvalue weighted by Crippen LogP contribution is 2.41. The van der Waals surface area contributed by atoms with Crippen molar-refractivity contribution >= 4 is 11.3 Å². The smallest absolute Gasteiger partial charge is 0.120 e. The van der Waals surface area contributed by atoms with E-state index in [1.165, 1.54) is 17.8 Å². The Morgan fingerprint density at radius 3 is 2.91 bits per heavy atom. The summed E-state index contributed by atoms with van der Waals surface area (Å²) in [6.07, 6.45) is 3.49. The third kappa shape index (κ3) is 1.57. The quantitative estimate of drug-likeness (QED) is 0.732. The van der Waals surface area contributed by atoms with Gasteiger partial charge in [0, 0.05) is 12.3 Å². The molecule has 0 radical (unpaired) electrons. The maximum absolute atomic E-state index is 5.40. The fourth-order valence-corrected chi connectivity index (χ4v) is 2.01. The zero-order valence-electron chi connectivity index (χ0n) is 6.29. The van der Waals surface area contributed by atoms with E-state index in [-0.39, 0.29) is 0 Å². The van der Waals surface area contributed by atoms with E-state index in [1.807, 2.05) is 0 Å². The van der Waals surface area contributed by atoms with Crippen LogP contribution < -0.4 is 5.73 Å². The largest absolute Gasteiger partial charge is 0.330 e. The molecule has 2 N–H and O–H groups in total. The number of nitrogens with two attached hydrogens (primary N) is 1. The molecule has 11 heavy (non-hydrogen) atoms. The Kier molecular flexibility index (Phi) is 1.87. The van der Waals surface area contributed by atoms with Crippen LogP contribution in [0.4, 0.5) is 0 Å². The van der Waals surface area contributed by atoms with Gasteiger partial charge in [-0.3, -0.25) is 0 Å². The fourth-order valence-electron chi connectivity index (χ4n) is 0.986. The van der Waals surface area contributed by atoms with Crippen LogP contribution in [0.5, 0.6) is 0 Å². The van der Waals surface area contributed by atoms with Gasteiger partial charge in [0.25, 0.3) is 0 Å². The summed E-state index contributed by atoms with van der Waals surface area (Å²) < 4.78 is 0. The maximum Gasteiger partial charge on any atom is 0.120 e. The van der Waals surface area contributed by atoms with Crippen molar-refractivity contribution in [1.29, 1.82) is 0 Å². The lowest BCUT2D eigenvalue weighted by Crippen LogP contribution is -2.01. The Hall–Kier alpha value is -0.480. The number of aromatic nitrogens is 2. The van der Waals surface area contributed by atoms with E-state index in [4.69, 9.17) is 5.73 Å². The van der Waals surface area contributed by atoms with Crippen molar-refractivity contribution in [2.45, 2.75) is 25.2 Å². The van der Waals surface area contributed by atoms with Gasteiger partial charge in [0.2, 0.25) is 0 Å². The molecule has 0 amide bonds. The van der Waals surface area contributed by atoms with Crippen LogP contribution in [0.25, 0.3) is 0 Å². The predicted octanol–water partition coefficient (Wildman–Crippen LogP) is 0.917.